The maximum absolute atomic E-state index is 12.6. The van der Waals surface area contributed by atoms with E-state index in [0.29, 0.717) is 36.5 Å². The van der Waals surface area contributed by atoms with Crippen LogP contribution >= 0.6 is 0 Å². The molecule has 4 aromatic rings. The highest BCUT2D eigenvalue weighted by Gasteiger charge is 2.33. The minimum Gasteiger partial charge on any atom is -0.481 e. The summed E-state index contributed by atoms with van der Waals surface area (Å²) in [6.07, 6.45) is 9.11. The number of amides is 1. The van der Waals surface area contributed by atoms with E-state index in [4.69, 9.17) is 10.8 Å². The van der Waals surface area contributed by atoms with Gasteiger partial charge >= 0.3 is 5.97 Å². The van der Waals surface area contributed by atoms with Gasteiger partial charge in [0.15, 0.2) is 0 Å². The van der Waals surface area contributed by atoms with Crippen LogP contribution in [0.3, 0.4) is 0 Å². The number of nitrogens with two attached hydrogens (primary N) is 1. The number of aryl methyl sites for hydroxylation is 2. The van der Waals surface area contributed by atoms with Gasteiger partial charge in [-0.25, -0.2) is 0 Å². The number of hydrogen-bond acceptors (Lipinski definition) is 9. The first-order valence-corrected chi connectivity index (χ1v) is 21.2. The van der Waals surface area contributed by atoms with Gasteiger partial charge in [-0.2, -0.15) is 0 Å². The number of hydrogen-bond donors (Lipinski definition) is 3. The fourth-order valence-corrected chi connectivity index (χ4v) is 9.00. The Morgan fingerprint density at radius 2 is 1.18 bits per heavy atom. The largest absolute Gasteiger partial charge is 0.481 e. The molecule has 0 radical (unpaired) electrons. The third-order valence-electron chi connectivity index (χ3n) is 12.8. The van der Waals surface area contributed by atoms with E-state index in [9.17, 15) is 9.59 Å². The lowest BCUT2D eigenvalue weighted by molar-refractivity contribution is -0.138. The van der Waals surface area contributed by atoms with Crippen LogP contribution in [0.1, 0.15) is 63.5 Å². The summed E-state index contributed by atoms with van der Waals surface area (Å²) in [4.78, 5) is 41.4. The number of fused-ring (bicyclic) bond motifs is 2. The van der Waals surface area contributed by atoms with Crippen LogP contribution in [0, 0.1) is 37.5 Å². The molecule has 2 aromatic carbocycles. The minimum absolute atomic E-state index is 0.215. The number of aliphatic carboxylic acids is 1. The maximum Gasteiger partial charge on any atom is 0.303 e. The molecule has 1 amide bonds. The summed E-state index contributed by atoms with van der Waals surface area (Å²) < 4.78 is 0. The normalized spacial score (nSPS) is 23.6. The van der Waals surface area contributed by atoms with E-state index in [1.807, 2.05) is 24.5 Å². The van der Waals surface area contributed by atoms with Gasteiger partial charge in [-0.15, -0.1) is 0 Å². The van der Waals surface area contributed by atoms with Crippen LogP contribution in [0.4, 0.5) is 11.4 Å². The lowest BCUT2D eigenvalue weighted by Crippen LogP contribution is -2.41. The second-order valence-electron chi connectivity index (χ2n) is 17.5. The first kappa shape index (κ1) is 42.3. The van der Waals surface area contributed by atoms with Crippen molar-refractivity contribution >= 4 is 45.1 Å². The number of carboxylic acids is 1. The summed E-state index contributed by atoms with van der Waals surface area (Å²) in [7, 11) is 4.24. The molecular weight excluding hydrogens is 713 g/mol. The molecule has 11 heteroatoms. The molecule has 0 spiro atoms. The van der Waals surface area contributed by atoms with Crippen LogP contribution in [0.2, 0.25) is 0 Å². The van der Waals surface area contributed by atoms with E-state index in [1.54, 1.807) is 0 Å². The number of nitrogens with zero attached hydrogens (tertiary/aromatic N) is 6. The molecule has 4 atom stereocenters. The smallest absolute Gasteiger partial charge is 0.303 e. The molecule has 4 aliphatic heterocycles. The van der Waals surface area contributed by atoms with Gasteiger partial charge in [-0.3, -0.25) is 19.6 Å². The molecule has 6 heterocycles. The zero-order valence-corrected chi connectivity index (χ0v) is 35.2. The molecule has 8 rings (SSSR count). The average Bonchev–Trinajstić information content (AvgIpc) is 3.73. The Kier molecular flexibility index (Phi) is 14.4. The van der Waals surface area contributed by atoms with Crippen molar-refractivity contribution < 1.29 is 14.7 Å². The van der Waals surface area contributed by atoms with Gasteiger partial charge in [-0.1, -0.05) is 26.0 Å². The van der Waals surface area contributed by atoms with Crippen molar-refractivity contribution in [2.75, 3.05) is 76.3 Å². The third kappa shape index (κ3) is 11.0. The lowest BCUT2D eigenvalue weighted by atomic mass is 9.93. The second-order valence-corrected chi connectivity index (χ2v) is 17.5. The summed E-state index contributed by atoms with van der Waals surface area (Å²) in [5.41, 5.74) is 13.2. The minimum atomic E-state index is -0.653. The van der Waals surface area contributed by atoms with E-state index in [2.05, 4.69) is 113 Å². The van der Waals surface area contributed by atoms with Crippen LogP contribution in [-0.2, 0) is 9.59 Å². The summed E-state index contributed by atoms with van der Waals surface area (Å²) in [6, 6.07) is 17.5. The number of carbonyl (C=O) groups is 2. The number of likely N-dealkylation sites (tertiary alicyclic amines) is 2. The average molecular weight is 779 g/mol. The maximum atomic E-state index is 12.6. The topological polar surface area (TPSA) is 131 Å². The van der Waals surface area contributed by atoms with Crippen molar-refractivity contribution in [1.29, 1.82) is 0 Å². The van der Waals surface area contributed by atoms with Gasteiger partial charge < -0.3 is 35.8 Å². The highest BCUT2D eigenvalue weighted by Crippen LogP contribution is 2.33. The first-order chi connectivity index (χ1) is 27.4. The fourth-order valence-electron chi connectivity index (χ4n) is 9.00. The van der Waals surface area contributed by atoms with E-state index in [0.717, 1.165) is 89.1 Å². The summed E-state index contributed by atoms with van der Waals surface area (Å²) in [5.74, 6) is 1.52. The van der Waals surface area contributed by atoms with Crippen LogP contribution in [0.5, 0.6) is 0 Å². The van der Waals surface area contributed by atoms with Crippen molar-refractivity contribution in [3.05, 3.63) is 72.1 Å². The number of anilines is 2. The third-order valence-corrected chi connectivity index (χ3v) is 12.8. The molecule has 4 N–H and O–H groups in total. The molecule has 57 heavy (non-hydrogen) atoms. The predicted molar refractivity (Wildman–Crippen MR) is 233 cm³/mol. The fraction of sp³-hybridized carbons (Fsp3) is 0.565. The summed E-state index contributed by atoms with van der Waals surface area (Å²) in [5, 5.41) is 14.3. The van der Waals surface area contributed by atoms with Crippen molar-refractivity contribution in [3.63, 3.8) is 0 Å². The van der Waals surface area contributed by atoms with Crippen LogP contribution in [0.25, 0.3) is 21.8 Å². The van der Waals surface area contributed by atoms with Crippen molar-refractivity contribution in [2.24, 2.45) is 29.4 Å². The SMILES string of the molecule is CN1CCC(CC(=O)O)CC1.Cc1ccc(N2C[C@@H](C)[C@@H](N)C2)c2cccnc12.Cc1ccc(N2C[C@@H](C)[C@@H](NC(=O)CC3CCN(C)CC3)C2)c2cccnc12. The number of carboxylic acid groups (broad SMARTS) is 1. The number of rotatable bonds is 7. The highest BCUT2D eigenvalue weighted by molar-refractivity contribution is 5.95. The molecule has 308 valence electrons. The van der Waals surface area contributed by atoms with Crippen LogP contribution in [-0.4, -0.2) is 115 Å². The van der Waals surface area contributed by atoms with E-state index >= 15 is 0 Å². The van der Waals surface area contributed by atoms with Gasteiger partial charge in [0.25, 0.3) is 0 Å². The Morgan fingerprint density at radius 3 is 1.65 bits per heavy atom. The molecule has 4 fully saturated rings. The molecular formula is C46H66N8O3. The van der Waals surface area contributed by atoms with E-state index < -0.39 is 5.97 Å². The highest BCUT2D eigenvalue weighted by atomic mass is 16.4. The summed E-state index contributed by atoms with van der Waals surface area (Å²) in [6.45, 7) is 16.8. The van der Waals surface area contributed by atoms with Gasteiger partial charge in [0.05, 0.1) is 17.1 Å². The number of nitrogens with one attached hydrogen (secondary N) is 1. The summed E-state index contributed by atoms with van der Waals surface area (Å²) >= 11 is 0. The Morgan fingerprint density at radius 1 is 0.702 bits per heavy atom. The molecule has 0 unspecified atom stereocenters. The van der Waals surface area contributed by atoms with Gasteiger partial charge in [0.1, 0.15) is 0 Å². The first-order valence-electron chi connectivity index (χ1n) is 21.2. The Hall–Kier alpha value is -4.32. The lowest BCUT2D eigenvalue weighted by Gasteiger charge is -2.29. The zero-order chi connectivity index (χ0) is 40.6. The molecule has 0 aliphatic carbocycles. The molecule has 4 saturated heterocycles. The Labute approximate surface area is 340 Å². The van der Waals surface area contributed by atoms with Gasteiger partial charge in [0, 0.05) is 79.6 Å². The van der Waals surface area contributed by atoms with E-state index in [-0.39, 0.29) is 18.0 Å². The molecule has 4 aliphatic rings. The predicted octanol–water partition coefficient (Wildman–Crippen LogP) is 6.35. The number of aromatic nitrogens is 2. The zero-order valence-electron chi connectivity index (χ0n) is 35.2. The van der Waals surface area contributed by atoms with Gasteiger partial charge in [0.2, 0.25) is 5.91 Å². The number of benzene rings is 2. The van der Waals surface area contributed by atoms with Crippen molar-refractivity contribution in [2.45, 2.75) is 78.3 Å². The molecule has 2 aromatic heterocycles. The quantitative estimate of drug-likeness (QED) is 0.195. The van der Waals surface area contributed by atoms with Crippen LogP contribution < -0.4 is 20.9 Å². The number of pyridine rings is 2. The Balaban J connectivity index is 0.000000161. The van der Waals surface area contributed by atoms with Crippen molar-refractivity contribution in [1.82, 2.24) is 25.1 Å². The van der Waals surface area contributed by atoms with Crippen LogP contribution in [0.15, 0.2) is 60.9 Å². The van der Waals surface area contributed by atoms with Crippen molar-refractivity contribution in [3.8, 4) is 0 Å². The van der Waals surface area contributed by atoms with E-state index in [1.165, 1.54) is 33.3 Å². The molecule has 0 saturated carbocycles. The number of carbonyl (C=O) groups excluding carboxylic acids is 1. The Bertz CT molecular complexity index is 1950. The molecule has 11 nitrogen and oxygen atoms in total. The molecule has 0 bridgehead atoms. The van der Waals surface area contributed by atoms with Gasteiger partial charge in [-0.05, 0) is 151 Å². The number of piperidine rings is 2. The standard InChI is InChI=1S/C23H32N4O.C15H19N3.C8H15NO2/c1-16-6-7-21(19-5-4-10-24-23(16)19)27-14-17(2)20(15-27)25-22(28)13-18-8-11-26(3)12-9-18;1-10-5-6-14(12-4-3-7-17-15(10)12)18-8-11(2)13(16)9-18;1-9-4-2-7(3-5-9)6-8(10)11/h4-7,10,17-18,20H,8-9,11-15H2,1-3H3,(H,25,28);3-7,11,13H,8-9,16H2,1-2H3;7H,2-6H2,1H3,(H,10,11)/t17-,20+;11-,13+;/m11./s1. The monoisotopic (exact) mass is 779 g/mol. The second kappa shape index (κ2) is 19.4.